The topological polar surface area (TPSA) is 95.0 Å². The number of hydrogen-bond donors (Lipinski definition) is 2. The predicted octanol–water partition coefficient (Wildman–Crippen LogP) is 2.66. The van der Waals surface area contributed by atoms with Crippen LogP contribution >= 0.6 is 11.6 Å². The number of hydrogen-bond acceptors (Lipinski definition) is 7. The Labute approximate surface area is 192 Å². The van der Waals surface area contributed by atoms with Gasteiger partial charge in [-0.2, -0.15) is 13.2 Å². The lowest BCUT2D eigenvalue weighted by Gasteiger charge is -2.35. The summed E-state index contributed by atoms with van der Waals surface area (Å²) in [5, 5.41) is 11.7. The molecule has 2 N–H and O–H groups in total. The van der Waals surface area contributed by atoms with Crippen molar-refractivity contribution in [3.05, 3.63) is 52.7 Å². The van der Waals surface area contributed by atoms with Crippen LogP contribution in [0.3, 0.4) is 0 Å². The number of esters is 1. The number of carbonyl (C=O) groups is 2. The normalized spacial score (nSPS) is 14.2. The van der Waals surface area contributed by atoms with Gasteiger partial charge in [-0.1, -0.05) is 23.7 Å². The number of nitrogens with zero attached hydrogens (tertiary/aromatic N) is 3. The minimum Gasteiger partial charge on any atom is -0.452 e. The van der Waals surface area contributed by atoms with Crippen LogP contribution in [0.5, 0.6) is 0 Å². The number of pyridine rings is 1. The number of carbonyl (C=O) groups excluding carboxylic acids is 2. The monoisotopic (exact) mass is 486 g/mol. The molecule has 33 heavy (non-hydrogen) atoms. The lowest BCUT2D eigenvalue weighted by atomic mass is 10.2. The number of amides is 1. The first kappa shape index (κ1) is 24.6. The summed E-state index contributed by atoms with van der Waals surface area (Å²) in [6.45, 7) is 0.851. The number of aliphatic hydroxyl groups excluding tert-OH is 1. The van der Waals surface area contributed by atoms with Crippen molar-refractivity contribution in [2.75, 3.05) is 56.2 Å². The third-order valence-electron chi connectivity index (χ3n) is 4.98. The smallest absolute Gasteiger partial charge is 0.417 e. The number of rotatable bonds is 7. The molecule has 0 unspecified atom stereocenters. The van der Waals surface area contributed by atoms with Crippen molar-refractivity contribution in [2.24, 2.45) is 0 Å². The maximum absolute atomic E-state index is 12.8. The summed E-state index contributed by atoms with van der Waals surface area (Å²) in [5.74, 6) is -0.853. The van der Waals surface area contributed by atoms with E-state index in [1.165, 1.54) is 4.90 Å². The van der Waals surface area contributed by atoms with E-state index in [0.29, 0.717) is 18.8 Å². The Morgan fingerprint density at radius 1 is 1.18 bits per heavy atom. The molecule has 0 spiro atoms. The fourth-order valence-electron chi connectivity index (χ4n) is 3.29. The first-order chi connectivity index (χ1) is 15.7. The SMILES string of the molecule is O=C(OCC(=O)N1CCN(c2ncc(C(F)(F)F)cc2Cl)CC1)c1ccccc1NCCO. The number of benzene rings is 1. The van der Waals surface area contributed by atoms with E-state index in [4.69, 9.17) is 21.4 Å². The van der Waals surface area contributed by atoms with E-state index in [0.717, 1.165) is 12.3 Å². The van der Waals surface area contributed by atoms with E-state index in [1.54, 1.807) is 29.2 Å². The zero-order valence-electron chi connectivity index (χ0n) is 17.4. The number of halogens is 4. The number of aliphatic hydroxyl groups is 1. The maximum atomic E-state index is 12.8. The van der Waals surface area contributed by atoms with Gasteiger partial charge in [0.1, 0.15) is 5.82 Å². The molecule has 2 heterocycles. The Hall–Kier alpha value is -3.05. The minimum absolute atomic E-state index is 0.110. The molecule has 178 valence electrons. The first-order valence-electron chi connectivity index (χ1n) is 10.1. The average Bonchev–Trinajstić information content (AvgIpc) is 2.80. The van der Waals surface area contributed by atoms with Gasteiger partial charge in [0.15, 0.2) is 6.61 Å². The third-order valence-corrected chi connectivity index (χ3v) is 5.26. The summed E-state index contributed by atoms with van der Waals surface area (Å²) < 4.78 is 43.5. The van der Waals surface area contributed by atoms with E-state index >= 15 is 0 Å². The maximum Gasteiger partial charge on any atom is 0.417 e. The zero-order valence-corrected chi connectivity index (χ0v) is 18.2. The fourth-order valence-corrected chi connectivity index (χ4v) is 3.57. The van der Waals surface area contributed by atoms with E-state index in [9.17, 15) is 22.8 Å². The highest BCUT2D eigenvalue weighted by molar-refractivity contribution is 6.33. The quantitative estimate of drug-likeness (QED) is 0.581. The molecule has 1 aromatic carbocycles. The molecule has 0 atom stereocenters. The van der Waals surface area contributed by atoms with Gasteiger partial charge < -0.3 is 25.0 Å². The van der Waals surface area contributed by atoms with Crippen molar-refractivity contribution in [3.8, 4) is 0 Å². The Morgan fingerprint density at radius 2 is 1.88 bits per heavy atom. The molecule has 1 amide bonds. The van der Waals surface area contributed by atoms with Crippen LogP contribution in [0.2, 0.25) is 5.02 Å². The second kappa shape index (κ2) is 10.7. The molecule has 3 rings (SSSR count). The van der Waals surface area contributed by atoms with Crippen molar-refractivity contribution in [3.63, 3.8) is 0 Å². The molecular formula is C21H22ClF3N4O4. The highest BCUT2D eigenvalue weighted by atomic mass is 35.5. The number of nitrogens with one attached hydrogen (secondary N) is 1. The number of aromatic nitrogens is 1. The molecule has 0 saturated carbocycles. The molecule has 8 nitrogen and oxygen atoms in total. The number of anilines is 2. The molecule has 1 aliphatic rings. The van der Waals surface area contributed by atoms with Gasteiger partial charge in [0, 0.05) is 44.6 Å². The molecule has 2 aromatic rings. The molecule has 0 aliphatic carbocycles. The lowest BCUT2D eigenvalue weighted by molar-refractivity contribution is -0.138. The minimum atomic E-state index is -4.53. The Kier molecular flexibility index (Phi) is 7.98. The van der Waals surface area contributed by atoms with Gasteiger partial charge >= 0.3 is 12.1 Å². The summed E-state index contributed by atoms with van der Waals surface area (Å²) in [7, 11) is 0. The van der Waals surface area contributed by atoms with Gasteiger partial charge in [0.25, 0.3) is 5.91 Å². The van der Waals surface area contributed by atoms with Gasteiger partial charge in [-0.25, -0.2) is 9.78 Å². The summed E-state index contributed by atoms with van der Waals surface area (Å²) >= 11 is 5.99. The van der Waals surface area contributed by atoms with Crippen molar-refractivity contribution in [2.45, 2.75) is 6.18 Å². The number of piperazine rings is 1. The van der Waals surface area contributed by atoms with E-state index in [1.807, 2.05) is 0 Å². The van der Waals surface area contributed by atoms with Crippen LogP contribution in [0, 0.1) is 0 Å². The number of ether oxygens (including phenoxy) is 1. The first-order valence-corrected chi connectivity index (χ1v) is 10.4. The van der Waals surface area contributed by atoms with Gasteiger partial charge in [-0.3, -0.25) is 4.79 Å². The highest BCUT2D eigenvalue weighted by Gasteiger charge is 2.32. The van der Waals surface area contributed by atoms with Crippen molar-refractivity contribution in [1.29, 1.82) is 0 Å². The van der Waals surface area contributed by atoms with E-state index in [2.05, 4.69) is 10.3 Å². The molecule has 0 bridgehead atoms. The molecular weight excluding hydrogens is 465 g/mol. The van der Waals surface area contributed by atoms with Crippen LogP contribution in [0.4, 0.5) is 24.7 Å². The number of alkyl halides is 3. The Bertz CT molecular complexity index is 998. The predicted molar refractivity (Wildman–Crippen MR) is 115 cm³/mol. The van der Waals surface area contributed by atoms with Gasteiger partial charge in [0.2, 0.25) is 0 Å². The van der Waals surface area contributed by atoms with Crippen LogP contribution in [-0.2, 0) is 15.7 Å². The Morgan fingerprint density at radius 3 is 2.52 bits per heavy atom. The van der Waals surface area contributed by atoms with Gasteiger partial charge in [0.05, 0.1) is 22.8 Å². The molecule has 1 aliphatic heterocycles. The van der Waals surface area contributed by atoms with Crippen LogP contribution in [0.1, 0.15) is 15.9 Å². The highest BCUT2D eigenvalue weighted by Crippen LogP contribution is 2.33. The van der Waals surface area contributed by atoms with Crippen LogP contribution in [0.25, 0.3) is 0 Å². The van der Waals surface area contributed by atoms with Crippen LogP contribution < -0.4 is 10.2 Å². The van der Waals surface area contributed by atoms with Crippen molar-refractivity contribution >= 4 is 35.0 Å². The van der Waals surface area contributed by atoms with E-state index < -0.39 is 30.2 Å². The van der Waals surface area contributed by atoms with Gasteiger partial charge in [-0.15, -0.1) is 0 Å². The average molecular weight is 487 g/mol. The molecule has 12 heteroatoms. The summed E-state index contributed by atoms with van der Waals surface area (Å²) in [6, 6.07) is 7.41. The molecule has 0 radical (unpaired) electrons. The van der Waals surface area contributed by atoms with Crippen LogP contribution in [0.15, 0.2) is 36.5 Å². The van der Waals surface area contributed by atoms with Crippen molar-refractivity contribution in [1.82, 2.24) is 9.88 Å². The largest absolute Gasteiger partial charge is 0.452 e. The molecule has 1 aromatic heterocycles. The standard InChI is InChI=1S/C21H22ClF3N4O4/c22-16-11-14(21(23,24)25)12-27-19(16)29-8-6-28(7-9-29)18(31)13-33-20(32)15-3-1-2-4-17(15)26-5-10-30/h1-4,11-12,26,30H,5-10,13H2. The number of para-hydroxylation sites is 1. The summed E-state index contributed by atoms with van der Waals surface area (Å²) in [4.78, 5) is 31.9. The molecule has 1 fully saturated rings. The van der Waals surface area contributed by atoms with Gasteiger partial charge in [-0.05, 0) is 18.2 Å². The fraction of sp³-hybridized carbons (Fsp3) is 0.381. The second-order valence-corrected chi connectivity index (χ2v) is 7.57. The second-order valence-electron chi connectivity index (χ2n) is 7.17. The third kappa shape index (κ3) is 6.26. The summed E-state index contributed by atoms with van der Waals surface area (Å²) in [6.07, 6.45) is -3.81. The molecule has 1 saturated heterocycles. The Balaban J connectivity index is 1.53. The van der Waals surface area contributed by atoms with Crippen LogP contribution in [-0.4, -0.2) is 72.8 Å². The van der Waals surface area contributed by atoms with Crippen molar-refractivity contribution < 1.29 is 32.6 Å². The lowest BCUT2D eigenvalue weighted by Crippen LogP contribution is -2.50. The zero-order chi connectivity index (χ0) is 24.0. The van der Waals surface area contributed by atoms with E-state index in [-0.39, 0.29) is 42.6 Å². The summed E-state index contributed by atoms with van der Waals surface area (Å²) in [5.41, 5.74) is -0.204.